The Kier molecular flexibility index (Phi) is 4.86. The zero-order valence-corrected chi connectivity index (χ0v) is 15.8. The van der Waals surface area contributed by atoms with Crippen molar-refractivity contribution in [2.45, 2.75) is 13.0 Å². The summed E-state index contributed by atoms with van der Waals surface area (Å²) in [7, 11) is 0. The number of carbonyl (C=O) groups is 2. The van der Waals surface area contributed by atoms with Crippen LogP contribution >= 0.6 is 11.3 Å². The van der Waals surface area contributed by atoms with Gasteiger partial charge in [0.05, 0.1) is 10.9 Å². The number of nitrogens with zero attached hydrogens (tertiary/aromatic N) is 3. The number of hydrogen-bond donors (Lipinski definition) is 2. The molecule has 0 aliphatic heterocycles. The van der Waals surface area contributed by atoms with Gasteiger partial charge in [-0.1, -0.05) is 12.1 Å². The van der Waals surface area contributed by atoms with E-state index in [1.165, 1.54) is 11.3 Å². The van der Waals surface area contributed by atoms with E-state index in [2.05, 4.69) is 20.8 Å². The van der Waals surface area contributed by atoms with E-state index < -0.39 is 0 Å². The molecule has 0 saturated carbocycles. The Morgan fingerprint density at radius 3 is 2.57 bits per heavy atom. The highest BCUT2D eigenvalue weighted by Gasteiger charge is 2.17. The maximum absolute atomic E-state index is 12.6. The number of thiophene rings is 1. The van der Waals surface area contributed by atoms with E-state index in [1.807, 2.05) is 47.2 Å². The summed E-state index contributed by atoms with van der Waals surface area (Å²) >= 11 is 1.38. The molecule has 0 radical (unpaired) electrons. The van der Waals surface area contributed by atoms with Crippen LogP contribution < -0.4 is 10.6 Å². The summed E-state index contributed by atoms with van der Waals surface area (Å²) in [6.45, 7) is 1.86. The zero-order chi connectivity index (χ0) is 19.5. The van der Waals surface area contributed by atoms with Gasteiger partial charge in [0, 0.05) is 17.4 Å². The fraction of sp³-hybridized carbons (Fsp3) is 0.100. The lowest BCUT2D eigenvalue weighted by molar-refractivity contribution is 0.0937. The van der Waals surface area contributed by atoms with Gasteiger partial charge >= 0.3 is 0 Å². The van der Waals surface area contributed by atoms with Gasteiger partial charge in [0.1, 0.15) is 0 Å². The summed E-state index contributed by atoms with van der Waals surface area (Å²) < 4.78 is 1.84. The van der Waals surface area contributed by atoms with E-state index in [-0.39, 0.29) is 17.9 Å². The maximum atomic E-state index is 12.6. The van der Waals surface area contributed by atoms with Gasteiger partial charge in [-0.3, -0.25) is 14.0 Å². The number of carbonyl (C=O) groups excluding carboxylic acids is 2. The van der Waals surface area contributed by atoms with Crippen LogP contribution in [0.2, 0.25) is 0 Å². The highest BCUT2D eigenvalue weighted by molar-refractivity contribution is 7.12. The van der Waals surface area contributed by atoms with Gasteiger partial charge in [-0.15, -0.1) is 21.5 Å². The molecule has 8 heteroatoms. The molecule has 2 amide bonds. The standard InChI is InChI=1S/C20H17N5O2S/c1-13(18-24-23-17-6-2-3-11-25(17)18)21-19(26)14-7-9-15(10-8-14)22-20(27)16-5-4-12-28-16/h2-13H,1H3,(H,21,26)(H,22,27). The maximum Gasteiger partial charge on any atom is 0.265 e. The average Bonchev–Trinajstić information content (AvgIpc) is 3.38. The normalized spacial score (nSPS) is 11.9. The van der Waals surface area contributed by atoms with Crippen molar-refractivity contribution in [1.82, 2.24) is 19.9 Å². The van der Waals surface area contributed by atoms with E-state index in [0.29, 0.717) is 22.0 Å². The molecule has 0 aliphatic carbocycles. The summed E-state index contributed by atoms with van der Waals surface area (Å²) in [4.78, 5) is 25.3. The fourth-order valence-electron chi connectivity index (χ4n) is 2.81. The minimum Gasteiger partial charge on any atom is -0.342 e. The number of fused-ring (bicyclic) bond motifs is 1. The fourth-order valence-corrected chi connectivity index (χ4v) is 3.42. The van der Waals surface area contributed by atoms with Gasteiger partial charge in [-0.05, 0) is 54.8 Å². The Morgan fingerprint density at radius 2 is 1.82 bits per heavy atom. The van der Waals surface area contributed by atoms with Crippen LogP contribution in [0.25, 0.3) is 5.65 Å². The van der Waals surface area contributed by atoms with Crippen LogP contribution in [0.1, 0.15) is 38.8 Å². The third-order valence-electron chi connectivity index (χ3n) is 4.22. The van der Waals surface area contributed by atoms with Gasteiger partial charge in [0.2, 0.25) is 0 Å². The Balaban J connectivity index is 1.42. The molecular weight excluding hydrogens is 374 g/mol. The van der Waals surface area contributed by atoms with Crippen molar-refractivity contribution >= 4 is 34.5 Å². The van der Waals surface area contributed by atoms with Gasteiger partial charge in [-0.2, -0.15) is 0 Å². The first kappa shape index (κ1) is 17.9. The Bertz CT molecular complexity index is 1120. The first-order valence-corrected chi connectivity index (χ1v) is 9.55. The molecule has 0 saturated heterocycles. The van der Waals surface area contributed by atoms with Crippen molar-refractivity contribution in [2.75, 3.05) is 5.32 Å². The van der Waals surface area contributed by atoms with Crippen molar-refractivity contribution in [3.63, 3.8) is 0 Å². The van der Waals surface area contributed by atoms with E-state index in [9.17, 15) is 9.59 Å². The summed E-state index contributed by atoms with van der Waals surface area (Å²) in [6.07, 6.45) is 1.86. The number of hydrogen-bond acceptors (Lipinski definition) is 5. The molecule has 3 heterocycles. The molecule has 4 rings (SSSR count). The van der Waals surface area contributed by atoms with Crippen LogP contribution in [0.5, 0.6) is 0 Å². The molecule has 7 nitrogen and oxygen atoms in total. The second-order valence-electron chi connectivity index (χ2n) is 6.19. The largest absolute Gasteiger partial charge is 0.342 e. The topological polar surface area (TPSA) is 88.4 Å². The van der Waals surface area contributed by atoms with Crippen LogP contribution in [0.3, 0.4) is 0 Å². The van der Waals surface area contributed by atoms with E-state index >= 15 is 0 Å². The Morgan fingerprint density at radius 1 is 1.00 bits per heavy atom. The van der Waals surface area contributed by atoms with Crippen molar-refractivity contribution < 1.29 is 9.59 Å². The predicted molar refractivity (Wildman–Crippen MR) is 108 cm³/mol. The monoisotopic (exact) mass is 391 g/mol. The number of pyridine rings is 1. The van der Waals surface area contributed by atoms with E-state index in [1.54, 1.807) is 30.3 Å². The third kappa shape index (κ3) is 3.63. The summed E-state index contributed by atoms with van der Waals surface area (Å²) in [5.41, 5.74) is 1.85. The molecule has 0 aliphatic rings. The van der Waals surface area contributed by atoms with Crippen molar-refractivity contribution in [1.29, 1.82) is 0 Å². The molecule has 0 bridgehead atoms. The van der Waals surface area contributed by atoms with Crippen LogP contribution in [0.4, 0.5) is 5.69 Å². The Hall–Kier alpha value is -3.52. The molecule has 0 spiro atoms. The molecule has 0 fully saturated rings. The first-order valence-electron chi connectivity index (χ1n) is 8.67. The second kappa shape index (κ2) is 7.61. The molecule has 1 aromatic carbocycles. The summed E-state index contributed by atoms with van der Waals surface area (Å²) in [5, 5.41) is 15.9. The van der Waals surface area contributed by atoms with E-state index in [0.717, 1.165) is 5.65 Å². The zero-order valence-electron chi connectivity index (χ0n) is 15.0. The van der Waals surface area contributed by atoms with Crippen LogP contribution in [-0.4, -0.2) is 26.4 Å². The number of benzene rings is 1. The molecular formula is C20H17N5O2S. The lowest BCUT2D eigenvalue weighted by Gasteiger charge is -2.13. The number of anilines is 1. The number of amides is 2. The van der Waals surface area contributed by atoms with Crippen molar-refractivity contribution in [3.05, 3.63) is 82.4 Å². The van der Waals surface area contributed by atoms with Crippen LogP contribution in [-0.2, 0) is 0 Å². The van der Waals surface area contributed by atoms with Crippen molar-refractivity contribution in [2.24, 2.45) is 0 Å². The molecule has 1 unspecified atom stereocenters. The highest BCUT2D eigenvalue weighted by Crippen LogP contribution is 2.16. The van der Waals surface area contributed by atoms with Crippen LogP contribution in [0.15, 0.2) is 66.2 Å². The minimum absolute atomic E-state index is 0.167. The first-order chi connectivity index (χ1) is 13.6. The molecule has 3 aromatic heterocycles. The molecule has 2 N–H and O–H groups in total. The Labute approximate surface area is 165 Å². The van der Waals surface area contributed by atoms with E-state index in [4.69, 9.17) is 0 Å². The van der Waals surface area contributed by atoms with Gasteiger partial charge in [-0.25, -0.2) is 0 Å². The van der Waals surface area contributed by atoms with Gasteiger partial charge in [0.15, 0.2) is 11.5 Å². The average molecular weight is 391 g/mol. The summed E-state index contributed by atoms with van der Waals surface area (Å²) in [5.74, 6) is 0.264. The number of rotatable bonds is 5. The van der Waals surface area contributed by atoms with Crippen molar-refractivity contribution in [3.8, 4) is 0 Å². The lowest BCUT2D eigenvalue weighted by Crippen LogP contribution is -2.28. The van der Waals surface area contributed by atoms with Gasteiger partial charge < -0.3 is 10.6 Å². The minimum atomic E-state index is -0.317. The molecule has 140 valence electrons. The highest BCUT2D eigenvalue weighted by atomic mass is 32.1. The predicted octanol–water partition coefficient (Wildman–Crippen LogP) is 3.53. The smallest absolute Gasteiger partial charge is 0.265 e. The number of aromatic nitrogens is 3. The SMILES string of the molecule is CC(NC(=O)c1ccc(NC(=O)c2cccs2)cc1)c1nnc2ccccn12. The van der Waals surface area contributed by atoms with Gasteiger partial charge in [0.25, 0.3) is 11.8 Å². The molecule has 4 aromatic rings. The number of nitrogens with one attached hydrogen (secondary N) is 2. The second-order valence-corrected chi connectivity index (χ2v) is 7.14. The quantitative estimate of drug-likeness (QED) is 0.545. The third-order valence-corrected chi connectivity index (χ3v) is 5.09. The lowest BCUT2D eigenvalue weighted by atomic mass is 10.1. The molecule has 28 heavy (non-hydrogen) atoms. The molecule has 1 atom stereocenters. The summed E-state index contributed by atoms with van der Waals surface area (Å²) in [6, 6.07) is 15.7. The van der Waals surface area contributed by atoms with Crippen LogP contribution in [0, 0.1) is 0 Å².